The number of carbonyl (C=O) groups excluding carboxylic acids is 2. The van der Waals surface area contributed by atoms with E-state index in [4.69, 9.17) is 4.74 Å². The van der Waals surface area contributed by atoms with Crippen molar-refractivity contribution in [2.24, 2.45) is 5.92 Å². The highest BCUT2D eigenvalue weighted by molar-refractivity contribution is 5.94. The van der Waals surface area contributed by atoms with Gasteiger partial charge in [0.25, 0.3) is 5.91 Å². The van der Waals surface area contributed by atoms with E-state index in [9.17, 15) is 9.59 Å². The van der Waals surface area contributed by atoms with Crippen LogP contribution < -0.4 is 5.32 Å². The first-order valence-corrected chi connectivity index (χ1v) is 11.5. The molecule has 1 N–H and O–H groups in total. The largest absolute Gasteiger partial charge is 0.378 e. The Morgan fingerprint density at radius 1 is 1.10 bits per heavy atom. The number of likely N-dealkylation sites (tertiary alicyclic amines) is 1. The lowest BCUT2D eigenvalue weighted by atomic mass is 10.1. The van der Waals surface area contributed by atoms with Gasteiger partial charge in [0.05, 0.1) is 18.8 Å². The van der Waals surface area contributed by atoms with Gasteiger partial charge in [-0.05, 0) is 43.7 Å². The predicted octanol–water partition coefficient (Wildman–Crippen LogP) is 1.56. The Labute approximate surface area is 182 Å². The number of hydrogen-bond donors (Lipinski definition) is 1. The van der Waals surface area contributed by atoms with Gasteiger partial charge in [0.15, 0.2) is 0 Å². The first kappa shape index (κ1) is 20.5. The van der Waals surface area contributed by atoms with Crippen molar-refractivity contribution in [3.8, 4) is 0 Å². The van der Waals surface area contributed by atoms with E-state index in [-0.39, 0.29) is 17.9 Å². The van der Waals surface area contributed by atoms with Crippen LogP contribution in [-0.4, -0.2) is 82.5 Å². The van der Waals surface area contributed by atoms with Gasteiger partial charge in [-0.1, -0.05) is 0 Å². The molecule has 0 radical (unpaired) electrons. The Kier molecular flexibility index (Phi) is 5.91. The summed E-state index contributed by atoms with van der Waals surface area (Å²) < 4.78 is 7.24. The third-order valence-electron chi connectivity index (χ3n) is 6.86. The van der Waals surface area contributed by atoms with Crippen LogP contribution in [0.4, 0.5) is 0 Å². The summed E-state index contributed by atoms with van der Waals surface area (Å²) in [4.78, 5) is 34.2. The van der Waals surface area contributed by atoms with Crippen LogP contribution >= 0.6 is 0 Å². The minimum Gasteiger partial charge on any atom is -0.378 e. The van der Waals surface area contributed by atoms with E-state index in [1.54, 1.807) is 6.20 Å². The van der Waals surface area contributed by atoms with Crippen molar-refractivity contribution in [1.29, 1.82) is 0 Å². The van der Waals surface area contributed by atoms with Crippen LogP contribution in [0, 0.1) is 5.92 Å². The minimum atomic E-state index is -0.0604. The quantitative estimate of drug-likeness (QED) is 0.728. The van der Waals surface area contributed by atoms with Crippen LogP contribution in [0.1, 0.15) is 42.5 Å². The molecular weight excluding hydrogens is 394 g/mol. The molecule has 1 saturated carbocycles. The average molecular weight is 426 g/mol. The second-order valence-corrected chi connectivity index (χ2v) is 9.04. The lowest BCUT2D eigenvalue weighted by molar-refractivity contribution is -0.136. The minimum absolute atomic E-state index is 0.0604. The first-order chi connectivity index (χ1) is 15.2. The van der Waals surface area contributed by atoms with Gasteiger partial charge in [-0.25, -0.2) is 4.98 Å². The van der Waals surface area contributed by atoms with Crippen LogP contribution in [-0.2, 0) is 9.53 Å². The summed E-state index contributed by atoms with van der Waals surface area (Å²) in [6, 6.07) is 4.25. The van der Waals surface area contributed by atoms with Crippen molar-refractivity contribution in [3.05, 3.63) is 36.3 Å². The summed E-state index contributed by atoms with van der Waals surface area (Å²) in [6.45, 7) is 4.35. The average Bonchev–Trinajstić information content (AvgIpc) is 3.36. The van der Waals surface area contributed by atoms with Gasteiger partial charge in [0.2, 0.25) is 5.91 Å². The summed E-state index contributed by atoms with van der Waals surface area (Å²) in [5, 5.41) is 3.13. The molecule has 2 atom stereocenters. The zero-order chi connectivity index (χ0) is 21.2. The summed E-state index contributed by atoms with van der Waals surface area (Å²) in [5.41, 5.74) is 1.46. The number of carbonyl (C=O) groups is 2. The van der Waals surface area contributed by atoms with Gasteiger partial charge < -0.3 is 19.4 Å². The zero-order valence-corrected chi connectivity index (χ0v) is 17.9. The van der Waals surface area contributed by atoms with Crippen molar-refractivity contribution >= 4 is 17.5 Å². The monoisotopic (exact) mass is 425 g/mol. The number of rotatable bonds is 7. The standard InChI is InChI=1S/C23H31N5O3/c29-22(26-9-11-31-12-10-26)13-19-4-5-20(28(19)15-17-1-2-17)14-25-23(30)18-3-6-21-24-7-8-27(21)16-18/h3,6-8,16-17,19-20H,1-2,4-5,9-15H2,(H,25,30)/t19-,20+/m1/s1. The first-order valence-electron chi connectivity index (χ1n) is 11.5. The van der Waals surface area contributed by atoms with Crippen LogP contribution in [0.3, 0.4) is 0 Å². The molecule has 2 saturated heterocycles. The van der Waals surface area contributed by atoms with Gasteiger partial charge >= 0.3 is 0 Å². The fraction of sp³-hybridized carbons (Fsp3) is 0.609. The van der Waals surface area contributed by atoms with Crippen molar-refractivity contribution in [2.45, 2.75) is 44.2 Å². The fourth-order valence-electron chi connectivity index (χ4n) is 4.86. The van der Waals surface area contributed by atoms with Crippen LogP contribution in [0.15, 0.2) is 30.7 Å². The van der Waals surface area contributed by atoms with E-state index in [0.717, 1.165) is 31.0 Å². The number of nitrogens with one attached hydrogen (secondary N) is 1. The number of aromatic nitrogens is 2. The Bertz CT molecular complexity index is 934. The predicted molar refractivity (Wildman–Crippen MR) is 116 cm³/mol. The third-order valence-corrected chi connectivity index (χ3v) is 6.86. The third kappa shape index (κ3) is 4.75. The normalized spacial score (nSPS) is 24.6. The highest BCUT2D eigenvalue weighted by atomic mass is 16.5. The number of nitrogens with zero attached hydrogens (tertiary/aromatic N) is 4. The second-order valence-electron chi connectivity index (χ2n) is 9.04. The summed E-state index contributed by atoms with van der Waals surface area (Å²) in [6.07, 6.45) is 10.6. The van der Waals surface area contributed by atoms with Gasteiger partial charge in [0.1, 0.15) is 5.65 Å². The number of pyridine rings is 1. The number of amides is 2. The molecule has 2 aromatic rings. The van der Waals surface area contributed by atoms with Crippen molar-refractivity contribution < 1.29 is 14.3 Å². The Morgan fingerprint density at radius 2 is 1.90 bits per heavy atom. The molecule has 31 heavy (non-hydrogen) atoms. The van der Waals surface area contributed by atoms with Gasteiger partial charge in [-0.15, -0.1) is 0 Å². The topological polar surface area (TPSA) is 79.2 Å². The molecule has 8 heteroatoms. The molecule has 2 aromatic heterocycles. The molecule has 8 nitrogen and oxygen atoms in total. The Balaban J connectivity index is 1.19. The highest BCUT2D eigenvalue weighted by Crippen LogP contribution is 2.35. The summed E-state index contributed by atoms with van der Waals surface area (Å²) >= 11 is 0. The number of imidazole rings is 1. The number of fused-ring (bicyclic) bond motifs is 1. The molecule has 4 heterocycles. The van der Waals surface area contributed by atoms with Crippen molar-refractivity contribution in [2.75, 3.05) is 39.4 Å². The molecule has 0 bridgehead atoms. The van der Waals surface area contributed by atoms with E-state index in [1.807, 2.05) is 33.8 Å². The van der Waals surface area contributed by atoms with Gasteiger partial charge in [-0.3, -0.25) is 14.5 Å². The van der Waals surface area contributed by atoms with Gasteiger partial charge in [-0.2, -0.15) is 0 Å². The maximum absolute atomic E-state index is 12.8. The molecular formula is C23H31N5O3. The van der Waals surface area contributed by atoms with Crippen LogP contribution in [0.25, 0.3) is 5.65 Å². The van der Waals surface area contributed by atoms with Gasteiger partial charge in [0, 0.05) is 63.3 Å². The molecule has 3 aliphatic rings. The maximum Gasteiger partial charge on any atom is 0.252 e. The number of morpholine rings is 1. The van der Waals surface area contributed by atoms with Crippen molar-refractivity contribution in [1.82, 2.24) is 24.5 Å². The maximum atomic E-state index is 12.8. The lowest BCUT2D eigenvalue weighted by Gasteiger charge is -2.33. The molecule has 2 amide bonds. The van der Waals surface area contributed by atoms with Crippen LogP contribution in [0.5, 0.6) is 0 Å². The number of hydrogen-bond acceptors (Lipinski definition) is 5. The molecule has 1 aliphatic carbocycles. The summed E-state index contributed by atoms with van der Waals surface area (Å²) in [7, 11) is 0. The highest BCUT2D eigenvalue weighted by Gasteiger charge is 2.38. The molecule has 0 aromatic carbocycles. The molecule has 2 aliphatic heterocycles. The van der Waals surface area contributed by atoms with Crippen molar-refractivity contribution in [3.63, 3.8) is 0 Å². The molecule has 3 fully saturated rings. The van der Waals surface area contributed by atoms with E-state index in [1.165, 1.54) is 12.8 Å². The molecule has 166 valence electrons. The van der Waals surface area contributed by atoms with E-state index < -0.39 is 0 Å². The lowest BCUT2D eigenvalue weighted by Crippen LogP contribution is -2.47. The fourth-order valence-corrected chi connectivity index (χ4v) is 4.86. The second kappa shape index (κ2) is 8.96. The van der Waals surface area contributed by atoms with E-state index in [2.05, 4.69) is 15.2 Å². The smallest absolute Gasteiger partial charge is 0.252 e. The Hall–Kier alpha value is -2.45. The SMILES string of the molecule is O=C(NC[C@@H]1CC[C@H](CC(=O)N2CCOCC2)N1CC1CC1)c1ccc2nccn2c1. The Morgan fingerprint density at radius 3 is 2.71 bits per heavy atom. The summed E-state index contributed by atoms with van der Waals surface area (Å²) in [5.74, 6) is 0.933. The van der Waals surface area contributed by atoms with Crippen LogP contribution in [0.2, 0.25) is 0 Å². The number of ether oxygens (including phenoxy) is 1. The molecule has 0 unspecified atom stereocenters. The zero-order valence-electron chi connectivity index (χ0n) is 17.9. The molecule has 0 spiro atoms. The van der Waals surface area contributed by atoms with E-state index >= 15 is 0 Å². The molecule has 5 rings (SSSR count). The van der Waals surface area contributed by atoms with E-state index in [0.29, 0.717) is 50.9 Å².